The Kier molecular flexibility index (Phi) is 6.62. The van der Waals surface area contributed by atoms with Gasteiger partial charge >= 0.3 is 0 Å². The first kappa shape index (κ1) is 19.1. The van der Waals surface area contributed by atoms with Crippen LogP contribution in [0.1, 0.15) is 20.8 Å². The van der Waals surface area contributed by atoms with Crippen LogP contribution < -0.4 is 14.9 Å². The molecular weight excluding hydrogens is 428 g/mol. The van der Waals surface area contributed by atoms with Crippen molar-refractivity contribution in [2.24, 2.45) is 5.10 Å². The number of rotatable bonds is 7. The minimum Gasteiger partial charge on any atom is -0.497 e. The van der Waals surface area contributed by atoms with E-state index < -0.39 is 0 Å². The van der Waals surface area contributed by atoms with E-state index >= 15 is 0 Å². The summed E-state index contributed by atoms with van der Waals surface area (Å²) in [5, 5.41) is 3.97. The largest absolute Gasteiger partial charge is 0.497 e. The highest BCUT2D eigenvalue weighted by Gasteiger charge is 2.05. The van der Waals surface area contributed by atoms with Crippen molar-refractivity contribution >= 4 is 39.4 Å². The molecule has 2 aromatic carbocycles. The number of thiophene rings is 1. The van der Waals surface area contributed by atoms with Crippen LogP contribution in [0.15, 0.2) is 69.6 Å². The number of carbonyl (C=O) groups is 1. The van der Waals surface area contributed by atoms with Crippen LogP contribution in [0.25, 0.3) is 0 Å². The summed E-state index contributed by atoms with van der Waals surface area (Å²) < 4.78 is 12.0. The molecule has 1 amide bonds. The van der Waals surface area contributed by atoms with Gasteiger partial charge in [0.2, 0.25) is 0 Å². The Labute approximate surface area is 169 Å². The van der Waals surface area contributed by atoms with Gasteiger partial charge in [0.15, 0.2) is 0 Å². The molecule has 0 fully saturated rings. The number of nitrogens with one attached hydrogen (secondary N) is 1. The number of ether oxygens (including phenoxy) is 2. The van der Waals surface area contributed by atoms with Crippen molar-refractivity contribution in [3.63, 3.8) is 0 Å². The average molecular weight is 445 g/mol. The van der Waals surface area contributed by atoms with Crippen LogP contribution in [0.5, 0.6) is 11.5 Å². The van der Waals surface area contributed by atoms with Crippen molar-refractivity contribution < 1.29 is 14.3 Å². The van der Waals surface area contributed by atoms with Gasteiger partial charge in [-0.05, 0) is 70.0 Å². The summed E-state index contributed by atoms with van der Waals surface area (Å²) in [4.78, 5) is 13.1. The molecule has 1 N–H and O–H groups in total. The van der Waals surface area contributed by atoms with Gasteiger partial charge in [-0.3, -0.25) is 4.79 Å². The molecule has 0 unspecified atom stereocenters. The number of hydrogen-bond donors (Lipinski definition) is 1. The van der Waals surface area contributed by atoms with Gasteiger partial charge < -0.3 is 9.47 Å². The van der Waals surface area contributed by atoms with Crippen LogP contribution in [0.3, 0.4) is 0 Å². The van der Waals surface area contributed by atoms with Gasteiger partial charge in [0, 0.05) is 10.4 Å². The van der Waals surface area contributed by atoms with Crippen molar-refractivity contribution in [2.45, 2.75) is 6.61 Å². The Balaban J connectivity index is 1.53. The second kappa shape index (κ2) is 9.34. The molecule has 0 aliphatic heterocycles. The highest BCUT2D eigenvalue weighted by Crippen LogP contribution is 2.20. The molecule has 0 atom stereocenters. The maximum atomic E-state index is 12.1. The molecule has 3 aromatic rings. The third-order valence-corrected chi connectivity index (χ3v) is 5.17. The van der Waals surface area contributed by atoms with Gasteiger partial charge in [-0.1, -0.05) is 12.1 Å². The van der Waals surface area contributed by atoms with Crippen LogP contribution in [-0.2, 0) is 6.61 Å². The lowest BCUT2D eigenvalue weighted by Gasteiger charge is -2.08. The lowest BCUT2D eigenvalue weighted by Crippen LogP contribution is -2.17. The first-order chi connectivity index (χ1) is 13.1. The van der Waals surface area contributed by atoms with Crippen molar-refractivity contribution in [2.75, 3.05) is 7.11 Å². The van der Waals surface area contributed by atoms with E-state index in [2.05, 4.69) is 26.5 Å². The fourth-order valence-corrected chi connectivity index (χ4v) is 3.54. The number of carbonyl (C=O) groups excluding carboxylic acids is 1. The second-order valence-corrected chi connectivity index (χ2v) is 8.00. The maximum absolute atomic E-state index is 12.1. The molecule has 5 nitrogen and oxygen atoms in total. The topological polar surface area (TPSA) is 59.9 Å². The van der Waals surface area contributed by atoms with Gasteiger partial charge in [0.05, 0.1) is 17.1 Å². The highest BCUT2D eigenvalue weighted by molar-refractivity contribution is 9.11. The summed E-state index contributed by atoms with van der Waals surface area (Å²) in [6, 6.07) is 18.5. The first-order valence-corrected chi connectivity index (χ1v) is 9.69. The number of amides is 1. The molecule has 1 aromatic heterocycles. The second-order valence-electron chi connectivity index (χ2n) is 5.51. The third-order valence-electron chi connectivity index (χ3n) is 3.61. The summed E-state index contributed by atoms with van der Waals surface area (Å²) in [5.41, 5.74) is 4.03. The van der Waals surface area contributed by atoms with Crippen LogP contribution in [0.4, 0.5) is 0 Å². The van der Waals surface area contributed by atoms with Gasteiger partial charge in [-0.25, -0.2) is 5.43 Å². The zero-order valence-corrected chi connectivity index (χ0v) is 16.9. The van der Waals surface area contributed by atoms with Crippen molar-refractivity contribution in [1.82, 2.24) is 5.43 Å². The summed E-state index contributed by atoms with van der Waals surface area (Å²) in [6.45, 7) is 0.420. The molecule has 0 saturated heterocycles. The van der Waals surface area contributed by atoms with E-state index in [4.69, 9.17) is 9.47 Å². The summed E-state index contributed by atoms with van der Waals surface area (Å²) in [7, 11) is 1.63. The van der Waals surface area contributed by atoms with Crippen LogP contribution in [0.2, 0.25) is 0 Å². The van der Waals surface area contributed by atoms with Crippen molar-refractivity contribution in [3.8, 4) is 11.5 Å². The molecule has 7 heteroatoms. The van der Waals surface area contributed by atoms with Crippen molar-refractivity contribution in [1.29, 1.82) is 0 Å². The summed E-state index contributed by atoms with van der Waals surface area (Å²) in [6.07, 6.45) is 1.61. The standard InChI is InChI=1S/C20H17BrN2O3S/c1-25-17-4-2-3-14(11-17)13-26-16-7-5-15(6-8-16)20(24)23-22-12-18-9-10-19(21)27-18/h2-12H,13H2,1H3,(H,23,24)/b22-12+. The monoisotopic (exact) mass is 444 g/mol. The highest BCUT2D eigenvalue weighted by atomic mass is 79.9. The van der Waals surface area contributed by atoms with E-state index in [1.54, 1.807) is 37.6 Å². The Hall–Kier alpha value is -2.64. The fraction of sp³-hybridized carbons (Fsp3) is 0.100. The molecule has 0 aliphatic carbocycles. The normalized spacial score (nSPS) is 10.7. The van der Waals surface area contributed by atoms with E-state index in [0.29, 0.717) is 17.9 Å². The van der Waals surface area contributed by atoms with Crippen LogP contribution in [0, 0.1) is 0 Å². The summed E-state index contributed by atoms with van der Waals surface area (Å²) in [5.74, 6) is 1.20. The number of nitrogens with zero attached hydrogens (tertiary/aromatic N) is 1. The van der Waals surface area contributed by atoms with Gasteiger partial charge in [-0.2, -0.15) is 5.10 Å². The number of hydrazone groups is 1. The molecule has 1 heterocycles. The predicted molar refractivity (Wildman–Crippen MR) is 111 cm³/mol. The Morgan fingerprint density at radius 1 is 1.15 bits per heavy atom. The predicted octanol–water partition coefficient (Wildman–Crippen LogP) is 4.86. The lowest BCUT2D eigenvalue weighted by atomic mass is 10.2. The molecule has 0 radical (unpaired) electrons. The zero-order valence-electron chi connectivity index (χ0n) is 14.5. The third kappa shape index (κ3) is 5.67. The van der Waals surface area contributed by atoms with E-state index in [0.717, 1.165) is 20.0 Å². The number of halogens is 1. The van der Waals surface area contributed by atoms with Crippen LogP contribution in [-0.4, -0.2) is 19.2 Å². The minimum absolute atomic E-state index is 0.277. The van der Waals surface area contributed by atoms with Crippen molar-refractivity contribution in [3.05, 3.63) is 80.5 Å². The van der Waals surface area contributed by atoms with E-state index in [1.165, 1.54) is 11.3 Å². The zero-order chi connectivity index (χ0) is 19.1. The van der Waals surface area contributed by atoms with E-state index in [9.17, 15) is 4.79 Å². The number of methoxy groups -OCH3 is 1. The molecular formula is C20H17BrN2O3S. The number of hydrogen-bond acceptors (Lipinski definition) is 5. The molecule has 0 spiro atoms. The van der Waals surface area contributed by atoms with Gasteiger partial charge in [0.25, 0.3) is 5.91 Å². The smallest absolute Gasteiger partial charge is 0.271 e. The van der Waals surface area contributed by atoms with E-state index in [1.807, 2.05) is 36.4 Å². The molecule has 0 bridgehead atoms. The SMILES string of the molecule is COc1cccc(COc2ccc(C(=O)N/N=C/c3ccc(Br)s3)cc2)c1. The average Bonchev–Trinajstić information content (AvgIpc) is 3.12. The fourth-order valence-electron chi connectivity index (χ4n) is 2.25. The first-order valence-electron chi connectivity index (χ1n) is 8.08. The van der Waals surface area contributed by atoms with Crippen LogP contribution >= 0.6 is 27.3 Å². The number of benzene rings is 2. The molecule has 27 heavy (non-hydrogen) atoms. The maximum Gasteiger partial charge on any atom is 0.271 e. The quantitative estimate of drug-likeness (QED) is 0.417. The molecule has 3 rings (SSSR count). The lowest BCUT2D eigenvalue weighted by molar-refractivity contribution is 0.0955. The molecule has 0 saturated carbocycles. The molecule has 0 aliphatic rings. The summed E-state index contributed by atoms with van der Waals surface area (Å²) >= 11 is 4.92. The Bertz CT molecular complexity index is 938. The van der Waals surface area contributed by atoms with E-state index in [-0.39, 0.29) is 5.91 Å². The Morgan fingerprint density at radius 2 is 1.96 bits per heavy atom. The Morgan fingerprint density at radius 3 is 2.67 bits per heavy atom. The minimum atomic E-state index is -0.277. The van der Waals surface area contributed by atoms with Gasteiger partial charge in [-0.15, -0.1) is 11.3 Å². The molecule has 138 valence electrons. The van der Waals surface area contributed by atoms with Gasteiger partial charge in [0.1, 0.15) is 18.1 Å².